The van der Waals surface area contributed by atoms with Crippen LogP contribution in [0, 0.1) is 5.41 Å². The molecule has 1 aliphatic rings. The van der Waals surface area contributed by atoms with Crippen molar-refractivity contribution >= 4 is 12.2 Å². The van der Waals surface area contributed by atoms with Crippen LogP contribution in [0.3, 0.4) is 0 Å². The Kier molecular flexibility index (Phi) is 11.2. The van der Waals surface area contributed by atoms with Gasteiger partial charge in [0.25, 0.3) is 0 Å². The average molecular weight is 649 g/mol. The fourth-order valence-electron chi connectivity index (χ4n) is 7.50. The van der Waals surface area contributed by atoms with E-state index in [9.17, 15) is 9.59 Å². The lowest BCUT2D eigenvalue weighted by atomic mass is 9.61. The third-order valence-electron chi connectivity index (χ3n) is 8.56. The molecule has 1 fully saturated rings. The van der Waals surface area contributed by atoms with Gasteiger partial charge in [0.15, 0.2) is 0 Å². The van der Waals surface area contributed by atoms with E-state index in [-0.39, 0.29) is 5.41 Å². The first-order valence-electron chi connectivity index (χ1n) is 16.6. The number of nitrogens with zero attached hydrogens (tertiary/aromatic N) is 2. The standard InChI is InChI=1S/C40H48N4O4/c1-38(2)29-39(3,41-36(45)47-43(25-32-17-9-5-10-18-32)26-33-19-11-6-12-20-33)31-40(4,30-38)42-37(46)48-44(27-34-21-13-7-14-22-34)28-35-23-15-8-16-24-35/h5-24H,25-31H2,1-4H3,(H,41,45)(H,42,46). The molecule has 0 saturated heterocycles. The van der Waals surface area contributed by atoms with Crippen LogP contribution in [-0.2, 0) is 35.9 Å². The van der Waals surface area contributed by atoms with Crippen molar-refractivity contribution in [2.45, 2.75) is 84.2 Å². The van der Waals surface area contributed by atoms with Gasteiger partial charge in [0.2, 0.25) is 0 Å². The normalized spacial score (nSPS) is 20.2. The van der Waals surface area contributed by atoms with E-state index in [1.54, 1.807) is 10.1 Å². The van der Waals surface area contributed by atoms with Crippen LogP contribution in [0.5, 0.6) is 0 Å². The lowest BCUT2D eigenvalue weighted by molar-refractivity contribution is -0.121. The van der Waals surface area contributed by atoms with Crippen LogP contribution >= 0.6 is 0 Å². The predicted molar refractivity (Wildman–Crippen MR) is 188 cm³/mol. The van der Waals surface area contributed by atoms with E-state index >= 15 is 0 Å². The maximum Gasteiger partial charge on any atom is 0.426 e. The van der Waals surface area contributed by atoms with Crippen molar-refractivity contribution in [3.8, 4) is 0 Å². The molecule has 48 heavy (non-hydrogen) atoms. The van der Waals surface area contributed by atoms with Gasteiger partial charge < -0.3 is 20.3 Å². The number of carbonyl (C=O) groups excluding carboxylic acids is 2. The van der Waals surface area contributed by atoms with Crippen molar-refractivity contribution in [2.75, 3.05) is 0 Å². The highest BCUT2D eigenvalue weighted by Gasteiger charge is 2.49. The number of amides is 2. The van der Waals surface area contributed by atoms with E-state index in [0.717, 1.165) is 22.3 Å². The summed E-state index contributed by atoms with van der Waals surface area (Å²) >= 11 is 0. The largest absolute Gasteiger partial charge is 0.426 e. The van der Waals surface area contributed by atoms with E-state index in [0.29, 0.717) is 45.4 Å². The number of hydroxylamine groups is 4. The first kappa shape index (κ1) is 34.7. The van der Waals surface area contributed by atoms with E-state index < -0.39 is 23.3 Å². The second-order valence-corrected chi connectivity index (χ2v) is 14.4. The SMILES string of the molecule is CC1(C)CC(C)(NC(=O)ON(Cc2ccccc2)Cc2ccccc2)CC(C)(NC(=O)ON(Cc2ccccc2)Cc2ccccc2)C1. The molecule has 2 amide bonds. The summed E-state index contributed by atoms with van der Waals surface area (Å²) in [5.74, 6) is 0. The maximum absolute atomic E-state index is 13.6. The molecule has 0 bridgehead atoms. The highest BCUT2D eigenvalue weighted by Crippen LogP contribution is 2.46. The van der Waals surface area contributed by atoms with Crippen LogP contribution in [0.1, 0.15) is 69.2 Å². The Morgan fingerprint density at radius 1 is 0.500 bits per heavy atom. The van der Waals surface area contributed by atoms with Gasteiger partial charge in [-0.1, -0.05) is 135 Å². The van der Waals surface area contributed by atoms with E-state index in [1.165, 1.54) is 0 Å². The quantitative estimate of drug-likeness (QED) is 0.150. The van der Waals surface area contributed by atoms with Crippen LogP contribution in [-0.4, -0.2) is 33.4 Å². The summed E-state index contributed by atoms with van der Waals surface area (Å²) in [7, 11) is 0. The first-order chi connectivity index (χ1) is 23.0. The molecule has 0 radical (unpaired) electrons. The van der Waals surface area contributed by atoms with Crippen molar-refractivity contribution < 1.29 is 19.3 Å². The topological polar surface area (TPSA) is 83.1 Å². The van der Waals surface area contributed by atoms with Gasteiger partial charge in [-0.05, 0) is 60.8 Å². The molecule has 0 aromatic heterocycles. The van der Waals surface area contributed by atoms with Gasteiger partial charge in [-0.2, -0.15) is 0 Å². The number of hydrogen-bond acceptors (Lipinski definition) is 6. The molecule has 0 spiro atoms. The van der Waals surface area contributed by atoms with Crippen molar-refractivity contribution in [1.29, 1.82) is 0 Å². The fourth-order valence-corrected chi connectivity index (χ4v) is 7.50. The van der Waals surface area contributed by atoms with Crippen molar-refractivity contribution in [3.05, 3.63) is 144 Å². The third-order valence-corrected chi connectivity index (χ3v) is 8.56. The molecule has 2 N–H and O–H groups in total. The van der Waals surface area contributed by atoms with Crippen LogP contribution in [0.4, 0.5) is 9.59 Å². The Hall–Kier alpha value is -4.66. The Labute approximate surface area is 285 Å². The molecule has 8 nitrogen and oxygen atoms in total. The molecule has 1 saturated carbocycles. The van der Waals surface area contributed by atoms with Gasteiger partial charge >= 0.3 is 12.2 Å². The zero-order valence-corrected chi connectivity index (χ0v) is 28.5. The Balaban J connectivity index is 1.26. The lowest BCUT2D eigenvalue weighted by Crippen LogP contribution is -2.63. The minimum absolute atomic E-state index is 0.191. The summed E-state index contributed by atoms with van der Waals surface area (Å²) < 4.78 is 0. The molecule has 2 unspecified atom stereocenters. The number of hydrogen-bond donors (Lipinski definition) is 2. The molecule has 4 aromatic carbocycles. The summed E-state index contributed by atoms with van der Waals surface area (Å²) in [6.07, 6.45) is 0.884. The number of benzene rings is 4. The molecule has 0 heterocycles. The van der Waals surface area contributed by atoms with Crippen LogP contribution < -0.4 is 10.6 Å². The summed E-state index contributed by atoms with van der Waals surface area (Å²) in [5, 5.41) is 9.73. The van der Waals surface area contributed by atoms with Gasteiger partial charge in [0.1, 0.15) is 0 Å². The smallest absolute Gasteiger partial charge is 0.350 e. The summed E-state index contributed by atoms with van der Waals surface area (Å²) in [4.78, 5) is 39.0. The molecule has 252 valence electrons. The summed E-state index contributed by atoms with van der Waals surface area (Å²) in [5.41, 5.74) is 2.65. The minimum atomic E-state index is -0.653. The third kappa shape index (κ3) is 10.7. The maximum atomic E-state index is 13.6. The van der Waals surface area contributed by atoms with Crippen molar-refractivity contribution in [2.24, 2.45) is 5.41 Å². The number of carbonyl (C=O) groups is 2. The Morgan fingerprint density at radius 2 is 0.771 bits per heavy atom. The van der Waals surface area contributed by atoms with Gasteiger partial charge in [-0.25, -0.2) is 9.59 Å². The second kappa shape index (κ2) is 15.5. The highest BCUT2D eigenvalue weighted by molar-refractivity contribution is 5.69. The van der Waals surface area contributed by atoms with Crippen LogP contribution in [0.25, 0.3) is 0 Å². The first-order valence-corrected chi connectivity index (χ1v) is 16.6. The molecule has 4 aromatic rings. The molecule has 8 heteroatoms. The lowest BCUT2D eigenvalue weighted by Gasteiger charge is -2.51. The van der Waals surface area contributed by atoms with E-state index in [4.69, 9.17) is 9.68 Å². The monoisotopic (exact) mass is 648 g/mol. The van der Waals surface area contributed by atoms with Crippen LogP contribution in [0.2, 0.25) is 0 Å². The van der Waals surface area contributed by atoms with Gasteiger partial charge in [-0.3, -0.25) is 0 Å². The predicted octanol–water partition coefficient (Wildman–Crippen LogP) is 8.40. The van der Waals surface area contributed by atoms with Gasteiger partial charge in [0.05, 0.1) is 26.2 Å². The average Bonchev–Trinajstić information content (AvgIpc) is 3.01. The highest BCUT2D eigenvalue weighted by atomic mass is 16.7. The number of rotatable bonds is 12. The molecule has 1 aliphatic carbocycles. The Bertz CT molecular complexity index is 1400. The summed E-state index contributed by atoms with van der Waals surface area (Å²) in [6, 6.07) is 39.8. The van der Waals surface area contributed by atoms with E-state index in [2.05, 4.69) is 24.5 Å². The van der Waals surface area contributed by atoms with Crippen LogP contribution in [0.15, 0.2) is 121 Å². The zero-order chi connectivity index (χ0) is 34.0. The number of nitrogens with one attached hydrogen (secondary N) is 2. The molecule has 5 rings (SSSR count). The molecule has 2 atom stereocenters. The van der Waals surface area contributed by atoms with Gasteiger partial charge in [0, 0.05) is 11.1 Å². The fraction of sp³-hybridized carbons (Fsp3) is 0.350. The van der Waals surface area contributed by atoms with Gasteiger partial charge in [-0.15, -0.1) is 10.1 Å². The van der Waals surface area contributed by atoms with Crippen molar-refractivity contribution in [1.82, 2.24) is 20.8 Å². The minimum Gasteiger partial charge on any atom is -0.350 e. The second-order valence-electron chi connectivity index (χ2n) is 14.4. The molecular weight excluding hydrogens is 600 g/mol. The van der Waals surface area contributed by atoms with Crippen molar-refractivity contribution in [3.63, 3.8) is 0 Å². The Morgan fingerprint density at radius 3 is 1.04 bits per heavy atom. The molecular formula is C40H48N4O4. The summed E-state index contributed by atoms with van der Waals surface area (Å²) in [6.45, 7) is 10.1. The van der Waals surface area contributed by atoms with E-state index in [1.807, 2.05) is 135 Å². The zero-order valence-electron chi connectivity index (χ0n) is 28.5. The molecule has 0 aliphatic heterocycles.